The van der Waals surface area contributed by atoms with Crippen molar-refractivity contribution in [3.8, 4) is 11.4 Å². The largest absolute Gasteiger partial charge is 0.325 e. The predicted octanol–water partition coefficient (Wildman–Crippen LogP) is 5.44. The number of carbonyl (C=O) groups is 1. The fourth-order valence-corrected chi connectivity index (χ4v) is 4.02. The van der Waals surface area contributed by atoms with Crippen molar-refractivity contribution in [3.63, 3.8) is 0 Å². The molecule has 3 rings (SSSR count). The van der Waals surface area contributed by atoms with Crippen molar-refractivity contribution < 1.29 is 4.79 Å². The molecule has 8 heteroatoms. The minimum absolute atomic E-state index is 0.0841. The van der Waals surface area contributed by atoms with Gasteiger partial charge in [0.05, 0.1) is 15.8 Å². The Morgan fingerprint density at radius 2 is 1.75 bits per heavy atom. The molecule has 1 N–H and O–H groups in total. The smallest absolute Gasteiger partial charge is 0.234 e. The zero-order valence-corrected chi connectivity index (χ0v) is 18.3. The molecule has 0 saturated heterocycles. The van der Waals surface area contributed by atoms with Crippen molar-refractivity contribution in [2.45, 2.75) is 25.9 Å². The SMILES string of the molecule is Cc1cc(C)c(NC(=O)CSc2nnc(-c3ccc(Cl)c(Cl)c3)n2C)c(C)c1. The lowest BCUT2D eigenvalue weighted by molar-refractivity contribution is -0.113. The summed E-state index contributed by atoms with van der Waals surface area (Å²) in [4.78, 5) is 12.4. The van der Waals surface area contributed by atoms with E-state index in [9.17, 15) is 4.79 Å². The molecule has 0 atom stereocenters. The number of benzene rings is 2. The zero-order valence-electron chi connectivity index (χ0n) is 16.0. The summed E-state index contributed by atoms with van der Waals surface area (Å²) in [6.45, 7) is 6.03. The number of halogens is 2. The van der Waals surface area contributed by atoms with Gasteiger partial charge in [-0.3, -0.25) is 4.79 Å². The minimum atomic E-state index is -0.0841. The highest BCUT2D eigenvalue weighted by atomic mass is 35.5. The summed E-state index contributed by atoms with van der Waals surface area (Å²) in [5.74, 6) is 0.811. The highest BCUT2D eigenvalue weighted by molar-refractivity contribution is 7.99. The first-order chi connectivity index (χ1) is 13.3. The fraction of sp³-hybridized carbons (Fsp3) is 0.250. The molecular weight excluding hydrogens is 415 g/mol. The number of hydrogen-bond acceptors (Lipinski definition) is 4. The van der Waals surface area contributed by atoms with Gasteiger partial charge in [-0.2, -0.15) is 0 Å². The lowest BCUT2D eigenvalue weighted by Crippen LogP contribution is -2.16. The topological polar surface area (TPSA) is 59.8 Å². The van der Waals surface area contributed by atoms with Crippen molar-refractivity contribution in [2.24, 2.45) is 7.05 Å². The summed E-state index contributed by atoms with van der Waals surface area (Å²) >= 11 is 13.4. The van der Waals surface area contributed by atoms with Gasteiger partial charge in [0.2, 0.25) is 5.91 Å². The number of anilines is 1. The van der Waals surface area contributed by atoms with Crippen LogP contribution in [-0.2, 0) is 11.8 Å². The maximum atomic E-state index is 12.4. The number of nitrogens with zero attached hydrogens (tertiary/aromatic N) is 3. The van der Waals surface area contributed by atoms with Gasteiger partial charge in [-0.15, -0.1) is 10.2 Å². The van der Waals surface area contributed by atoms with Gasteiger partial charge in [0.25, 0.3) is 0 Å². The van der Waals surface area contributed by atoms with Crippen LogP contribution in [0.25, 0.3) is 11.4 Å². The lowest BCUT2D eigenvalue weighted by atomic mass is 10.1. The number of rotatable bonds is 5. The maximum absolute atomic E-state index is 12.4. The number of carbonyl (C=O) groups excluding carboxylic acids is 1. The van der Waals surface area contributed by atoms with Crippen LogP contribution in [0.15, 0.2) is 35.5 Å². The van der Waals surface area contributed by atoms with E-state index < -0.39 is 0 Å². The van der Waals surface area contributed by atoms with E-state index in [1.807, 2.05) is 38.5 Å². The fourth-order valence-electron chi connectivity index (χ4n) is 3.01. The van der Waals surface area contributed by atoms with Gasteiger partial charge < -0.3 is 9.88 Å². The van der Waals surface area contributed by atoms with Crippen molar-refractivity contribution in [2.75, 3.05) is 11.1 Å². The Hall–Kier alpha value is -2.02. The van der Waals surface area contributed by atoms with Crippen LogP contribution in [0.3, 0.4) is 0 Å². The molecule has 0 aliphatic rings. The van der Waals surface area contributed by atoms with Gasteiger partial charge >= 0.3 is 0 Å². The number of hydrogen-bond donors (Lipinski definition) is 1. The molecule has 1 heterocycles. The Bertz CT molecular complexity index is 1030. The van der Waals surface area contributed by atoms with E-state index in [2.05, 4.69) is 27.6 Å². The Balaban J connectivity index is 1.69. The van der Waals surface area contributed by atoms with E-state index in [1.165, 1.54) is 17.3 Å². The summed E-state index contributed by atoms with van der Waals surface area (Å²) in [7, 11) is 1.85. The van der Waals surface area contributed by atoms with E-state index >= 15 is 0 Å². The first kappa shape index (κ1) is 20.7. The predicted molar refractivity (Wildman–Crippen MR) is 116 cm³/mol. The van der Waals surface area contributed by atoms with Crippen molar-refractivity contribution >= 4 is 46.6 Å². The summed E-state index contributed by atoms with van der Waals surface area (Å²) < 4.78 is 1.83. The van der Waals surface area contributed by atoms with E-state index in [1.54, 1.807) is 12.1 Å². The second-order valence-electron chi connectivity index (χ2n) is 6.60. The maximum Gasteiger partial charge on any atom is 0.234 e. The molecule has 0 aliphatic heterocycles. The molecule has 1 amide bonds. The van der Waals surface area contributed by atoms with Crippen molar-refractivity contribution in [3.05, 3.63) is 57.1 Å². The summed E-state index contributed by atoms with van der Waals surface area (Å²) in [5.41, 5.74) is 4.96. The van der Waals surface area contributed by atoms with Gasteiger partial charge in [0, 0.05) is 18.3 Å². The van der Waals surface area contributed by atoms with Gasteiger partial charge in [-0.05, 0) is 50.1 Å². The molecule has 5 nitrogen and oxygen atoms in total. The number of amides is 1. The molecule has 1 aromatic heterocycles. The molecule has 0 saturated carbocycles. The molecule has 146 valence electrons. The van der Waals surface area contributed by atoms with Crippen LogP contribution in [0.2, 0.25) is 10.0 Å². The van der Waals surface area contributed by atoms with Gasteiger partial charge in [-0.25, -0.2) is 0 Å². The lowest BCUT2D eigenvalue weighted by Gasteiger charge is -2.12. The molecule has 0 aliphatic carbocycles. The first-order valence-electron chi connectivity index (χ1n) is 8.61. The summed E-state index contributed by atoms with van der Waals surface area (Å²) in [6, 6.07) is 9.42. The molecule has 2 aromatic carbocycles. The van der Waals surface area contributed by atoms with Crippen LogP contribution >= 0.6 is 35.0 Å². The Morgan fingerprint density at radius 3 is 2.39 bits per heavy atom. The average Bonchev–Trinajstić information content (AvgIpc) is 2.99. The van der Waals surface area contributed by atoms with Gasteiger partial charge in [0.1, 0.15) is 0 Å². The second kappa shape index (κ2) is 8.55. The number of aryl methyl sites for hydroxylation is 3. The van der Waals surface area contributed by atoms with E-state index in [4.69, 9.17) is 23.2 Å². The molecule has 3 aromatic rings. The highest BCUT2D eigenvalue weighted by Crippen LogP contribution is 2.29. The summed E-state index contributed by atoms with van der Waals surface area (Å²) in [5, 5.41) is 13.0. The van der Waals surface area contributed by atoms with Gasteiger partial charge in [-0.1, -0.05) is 52.7 Å². The molecule has 0 spiro atoms. The van der Waals surface area contributed by atoms with E-state index in [0.717, 1.165) is 22.4 Å². The average molecular weight is 435 g/mol. The van der Waals surface area contributed by atoms with Crippen LogP contribution in [0.1, 0.15) is 16.7 Å². The monoisotopic (exact) mass is 434 g/mol. The molecular formula is C20H20Cl2N4OS. The van der Waals surface area contributed by atoms with E-state index in [-0.39, 0.29) is 11.7 Å². The van der Waals surface area contributed by atoms with Crippen LogP contribution < -0.4 is 5.32 Å². The third-order valence-corrected chi connectivity index (χ3v) is 6.05. The number of thioether (sulfide) groups is 1. The standard InChI is InChI=1S/C20H20Cl2N4OS/c1-11-7-12(2)18(13(3)8-11)23-17(27)10-28-20-25-24-19(26(20)4)14-5-6-15(21)16(22)9-14/h5-9H,10H2,1-4H3,(H,23,27). The first-order valence-corrected chi connectivity index (χ1v) is 10.4. The van der Waals surface area contributed by atoms with E-state index in [0.29, 0.717) is 21.0 Å². The van der Waals surface area contributed by atoms with Gasteiger partial charge in [0.15, 0.2) is 11.0 Å². The van der Waals surface area contributed by atoms with Crippen LogP contribution in [-0.4, -0.2) is 26.4 Å². The molecule has 0 unspecified atom stereocenters. The molecule has 0 bridgehead atoms. The minimum Gasteiger partial charge on any atom is -0.325 e. The normalized spacial score (nSPS) is 10.9. The molecule has 28 heavy (non-hydrogen) atoms. The van der Waals surface area contributed by atoms with Crippen LogP contribution in [0.5, 0.6) is 0 Å². The number of aromatic nitrogens is 3. The van der Waals surface area contributed by atoms with Crippen molar-refractivity contribution in [1.82, 2.24) is 14.8 Å². The van der Waals surface area contributed by atoms with Crippen LogP contribution in [0.4, 0.5) is 5.69 Å². The molecule has 0 radical (unpaired) electrons. The number of nitrogens with one attached hydrogen (secondary N) is 1. The summed E-state index contributed by atoms with van der Waals surface area (Å²) in [6.07, 6.45) is 0. The van der Waals surface area contributed by atoms with Crippen molar-refractivity contribution in [1.29, 1.82) is 0 Å². The second-order valence-corrected chi connectivity index (χ2v) is 8.36. The molecule has 0 fully saturated rings. The highest BCUT2D eigenvalue weighted by Gasteiger charge is 2.15. The Labute approximate surface area is 178 Å². The third kappa shape index (κ3) is 4.51. The Kier molecular flexibility index (Phi) is 6.33. The Morgan fingerprint density at radius 1 is 1.07 bits per heavy atom. The zero-order chi connectivity index (χ0) is 20.4. The quantitative estimate of drug-likeness (QED) is 0.542. The third-order valence-electron chi connectivity index (χ3n) is 4.29. The van der Waals surface area contributed by atoms with Crippen LogP contribution in [0, 0.1) is 20.8 Å².